The Morgan fingerprint density at radius 1 is 1.36 bits per heavy atom. The van der Waals surface area contributed by atoms with E-state index in [2.05, 4.69) is 4.98 Å². The van der Waals surface area contributed by atoms with Crippen LogP contribution in [0.15, 0.2) is 39.8 Å². The van der Waals surface area contributed by atoms with Crippen LogP contribution < -0.4 is 5.73 Å². The SMILES string of the molecule is Cc1nc(-c2ccc(S(=O)(=O)N3CCC(CN)C3)cc2)co1. The molecule has 1 aliphatic rings. The number of aryl methyl sites for hydroxylation is 1. The molecule has 0 bridgehead atoms. The molecule has 3 rings (SSSR count). The maximum absolute atomic E-state index is 12.6. The summed E-state index contributed by atoms with van der Waals surface area (Å²) in [4.78, 5) is 4.53. The third-order valence-corrected chi connectivity index (χ3v) is 5.87. The third kappa shape index (κ3) is 2.79. The summed E-state index contributed by atoms with van der Waals surface area (Å²) in [6, 6.07) is 6.73. The molecule has 6 nitrogen and oxygen atoms in total. The highest BCUT2D eigenvalue weighted by atomic mass is 32.2. The number of benzene rings is 1. The molecule has 2 aromatic rings. The minimum Gasteiger partial charge on any atom is -0.449 e. The molecule has 118 valence electrons. The fourth-order valence-electron chi connectivity index (χ4n) is 2.65. The van der Waals surface area contributed by atoms with Crippen molar-refractivity contribution in [1.29, 1.82) is 0 Å². The Labute approximate surface area is 130 Å². The Kier molecular flexibility index (Phi) is 4.03. The van der Waals surface area contributed by atoms with Gasteiger partial charge in [-0.3, -0.25) is 0 Å². The van der Waals surface area contributed by atoms with Crippen LogP contribution in [0, 0.1) is 12.8 Å². The summed E-state index contributed by atoms with van der Waals surface area (Å²) < 4.78 is 31.9. The number of oxazole rings is 1. The lowest BCUT2D eigenvalue weighted by Gasteiger charge is -2.16. The zero-order valence-electron chi connectivity index (χ0n) is 12.4. The van der Waals surface area contributed by atoms with Crippen molar-refractivity contribution in [2.75, 3.05) is 19.6 Å². The number of sulfonamides is 1. The first-order valence-corrected chi connectivity index (χ1v) is 8.67. The van der Waals surface area contributed by atoms with Crippen molar-refractivity contribution in [2.45, 2.75) is 18.2 Å². The maximum Gasteiger partial charge on any atom is 0.243 e. The predicted molar refractivity (Wildman–Crippen MR) is 82.6 cm³/mol. The Hall–Kier alpha value is -1.70. The molecule has 1 fully saturated rings. The normalized spacial score (nSPS) is 19.6. The van der Waals surface area contributed by atoms with Gasteiger partial charge in [0.2, 0.25) is 10.0 Å². The van der Waals surface area contributed by atoms with Gasteiger partial charge in [-0.2, -0.15) is 4.31 Å². The second kappa shape index (κ2) is 5.83. The topological polar surface area (TPSA) is 89.4 Å². The summed E-state index contributed by atoms with van der Waals surface area (Å²) in [5, 5.41) is 0. The van der Waals surface area contributed by atoms with Crippen LogP contribution in [0.4, 0.5) is 0 Å². The lowest BCUT2D eigenvalue weighted by molar-refractivity contribution is 0.459. The van der Waals surface area contributed by atoms with Crippen molar-refractivity contribution in [1.82, 2.24) is 9.29 Å². The number of aromatic nitrogens is 1. The Morgan fingerprint density at radius 3 is 2.64 bits per heavy atom. The number of nitrogens with two attached hydrogens (primary N) is 1. The molecule has 1 aromatic carbocycles. The van der Waals surface area contributed by atoms with E-state index in [1.807, 2.05) is 0 Å². The van der Waals surface area contributed by atoms with Crippen molar-refractivity contribution < 1.29 is 12.8 Å². The molecule has 1 saturated heterocycles. The number of hydrogen-bond donors (Lipinski definition) is 1. The Bertz CT molecular complexity index is 753. The molecule has 1 unspecified atom stereocenters. The smallest absolute Gasteiger partial charge is 0.243 e. The first-order chi connectivity index (χ1) is 10.5. The average Bonchev–Trinajstić information content (AvgIpc) is 3.16. The largest absolute Gasteiger partial charge is 0.449 e. The van der Waals surface area contributed by atoms with Crippen LogP contribution in [-0.2, 0) is 10.0 Å². The van der Waals surface area contributed by atoms with Gasteiger partial charge in [0.25, 0.3) is 0 Å². The molecule has 2 N–H and O–H groups in total. The Balaban J connectivity index is 1.83. The molecule has 0 radical (unpaired) electrons. The second-order valence-electron chi connectivity index (χ2n) is 5.53. The summed E-state index contributed by atoms with van der Waals surface area (Å²) in [6.07, 6.45) is 2.39. The minimum atomic E-state index is -3.44. The summed E-state index contributed by atoms with van der Waals surface area (Å²) in [6.45, 7) is 3.33. The summed E-state index contributed by atoms with van der Waals surface area (Å²) in [5.41, 5.74) is 7.16. The van der Waals surface area contributed by atoms with E-state index < -0.39 is 10.0 Å². The van der Waals surface area contributed by atoms with Gasteiger partial charge in [0, 0.05) is 25.6 Å². The van der Waals surface area contributed by atoms with E-state index in [-0.39, 0.29) is 5.92 Å². The van der Waals surface area contributed by atoms with Crippen molar-refractivity contribution >= 4 is 10.0 Å². The van der Waals surface area contributed by atoms with E-state index in [0.29, 0.717) is 36.1 Å². The molecule has 1 aliphatic heterocycles. The molecule has 2 heterocycles. The molecule has 0 spiro atoms. The summed E-state index contributed by atoms with van der Waals surface area (Å²) in [7, 11) is -3.44. The second-order valence-corrected chi connectivity index (χ2v) is 7.47. The lowest BCUT2D eigenvalue weighted by atomic mass is 10.1. The van der Waals surface area contributed by atoms with Crippen LogP contribution in [-0.4, -0.2) is 37.3 Å². The molecule has 7 heteroatoms. The van der Waals surface area contributed by atoms with Gasteiger partial charge in [0.15, 0.2) is 5.89 Å². The minimum absolute atomic E-state index is 0.257. The summed E-state index contributed by atoms with van der Waals surface area (Å²) >= 11 is 0. The zero-order valence-corrected chi connectivity index (χ0v) is 13.2. The van der Waals surface area contributed by atoms with E-state index in [9.17, 15) is 8.42 Å². The summed E-state index contributed by atoms with van der Waals surface area (Å²) in [5.74, 6) is 0.837. The first kappa shape index (κ1) is 15.2. The van der Waals surface area contributed by atoms with Gasteiger partial charge >= 0.3 is 0 Å². The first-order valence-electron chi connectivity index (χ1n) is 7.23. The van der Waals surface area contributed by atoms with Crippen LogP contribution >= 0.6 is 0 Å². The van der Waals surface area contributed by atoms with Crippen LogP contribution in [0.5, 0.6) is 0 Å². The van der Waals surface area contributed by atoms with E-state index in [0.717, 1.165) is 12.0 Å². The molecular weight excluding hydrogens is 302 g/mol. The third-order valence-electron chi connectivity index (χ3n) is 3.99. The average molecular weight is 321 g/mol. The molecule has 0 saturated carbocycles. The van der Waals surface area contributed by atoms with Crippen molar-refractivity contribution in [3.63, 3.8) is 0 Å². The number of rotatable bonds is 4. The quantitative estimate of drug-likeness (QED) is 0.924. The molecule has 1 atom stereocenters. The lowest BCUT2D eigenvalue weighted by Crippen LogP contribution is -2.30. The fourth-order valence-corrected chi connectivity index (χ4v) is 4.18. The van der Waals surface area contributed by atoms with Gasteiger partial charge in [0.1, 0.15) is 12.0 Å². The molecule has 0 amide bonds. The van der Waals surface area contributed by atoms with Gasteiger partial charge in [-0.05, 0) is 31.0 Å². The van der Waals surface area contributed by atoms with E-state index in [1.165, 1.54) is 4.31 Å². The van der Waals surface area contributed by atoms with Gasteiger partial charge in [0.05, 0.1) is 4.90 Å². The maximum atomic E-state index is 12.6. The highest BCUT2D eigenvalue weighted by Crippen LogP contribution is 2.26. The van der Waals surface area contributed by atoms with Crippen molar-refractivity contribution in [3.8, 4) is 11.3 Å². The van der Waals surface area contributed by atoms with Crippen molar-refractivity contribution in [3.05, 3.63) is 36.4 Å². The molecule has 22 heavy (non-hydrogen) atoms. The van der Waals surface area contributed by atoms with Crippen LogP contribution in [0.25, 0.3) is 11.3 Å². The molecular formula is C15H19N3O3S. The van der Waals surface area contributed by atoms with Crippen molar-refractivity contribution in [2.24, 2.45) is 11.7 Å². The van der Waals surface area contributed by atoms with Crippen LogP contribution in [0.1, 0.15) is 12.3 Å². The molecule has 0 aliphatic carbocycles. The van der Waals surface area contributed by atoms with Gasteiger partial charge in [-0.15, -0.1) is 0 Å². The van der Waals surface area contributed by atoms with Gasteiger partial charge in [-0.25, -0.2) is 13.4 Å². The highest BCUT2D eigenvalue weighted by molar-refractivity contribution is 7.89. The highest BCUT2D eigenvalue weighted by Gasteiger charge is 2.31. The number of nitrogens with zero attached hydrogens (tertiary/aromatic N) is 2. The fraction of sp³-hybridized carbons (Fsp3) is 0.400. The van der Waals surface area contributed by atoms with Gasteiger partial charge < -0.3 is 10.2 Å². The number of hydrogen-bond acceptors (Lipinski definition) is 5. The van der Waals surface area contributed by atoms with E-state index in [4.69, 9.17) is 10.2 Å². The standard InChI is InChI=1S/C15H19N3O3S/c1-11-17-15(10-21-11)13-2-4-14(5-3-13)22(19,20)18-7-6-12(8-16)9-18/h2-5,10,12H,6-9,16H2,1H3. The predicted octanol–water partition coefficient (Wildman–Crippen LogP) is 1.62. The molecule has 1 aromatic heterocycles. The van der Waals surface area contributed by atoms with E-state index in [1.54, 1.807) is 37.5 Å². The van der Waals surface area contributed by atoms with E-state index >= 15 is 0 Å². The Morgan fingerprint density at radius 2 is 2.09 bits per heavy atom. The van der Waals surface area contributed by atoms with Crippen LogP contribution in [0.2, 0.25) is 0 Å². The zero-order chi connectivity index (χ0) is 15.7. The van der Waals surface area contributed by atoms with Crippen LogP contribution in [0.3, 0.4) is 0 Å². The van der Waals surface area contributed by atoms with Gasteiger partial charge in [-0.1, -0.05) is 12.1 Å². The monoisotopic (exact) mass is 321 g/mol.